The van der Waals surface area contributed by atoms with Crippen LogP contribution in [0.15, 0.2) is 27.2 Å². The molecular formula is C16H16BrNO5. The average Bonchev–Trinajstić information content (AvgIpc) is 3.20. The van der Waals surface area contributed by atoms with Crippen molar-refractivity contribution >= 4 is 21.9 Å². The van der Waals surface area contributed by atoms with Crippen LogP contribution in [0.25, 0.3) is 11.3 Å². The molecule has 1 N–H and O–H groups in total. The maximum absolute atomic E-state index is 10.9. The van der Waals surface area contributed by atoms with Crippen LogP contribution in [-0.4, -0.2) is 29.4 Å². The lowest BCUT2D eigenvalue weighted by atomic mass is 10.1. The molecule has 1 aromatic heterocycles. The third-order valence-electron chi connectivity index (χ3n) is 3.83. The number of carboxylic acids is 1. The number of carboxylic acid groups (broad SMARTS) is 1. The van der Waals surface area contributed by atoms with Gasteiger partial charge >= 0.3 is 5.97 Å². The van der Waals surface area contributed by atoms with Crippen LogP contribution >= 0.6 is 15.9 Å². The molecule has 0 saturated heterocycles. The smallest absolute Gasteiger partial charge is 0.374 e. The van der Waals surface area contributed by atoms with Crippen molar-refractivity contribution in [1.82, 2.24) is 5.16 Å². The zero-order chi connectivity index (χ0) is 16.4. The van der Waals surface area contributed by atoms with Gasteiger partial charge in [-0.15, -0.1) is 0 Å². The van der Waals surface area contributed by atoms with Gasteiger partial charge in [0.05, 0.1) is 17.7 Å². The number of aromatic carboxylic acids is 1. The van der Waals surface area contributed by atoms with E-state index in [1.165, 1.54) is 18.9 Å². The predicted molar refractivity (Wildman–Crippen MR) is 86.0 cm³/mol. The molecule has 1 aromatic carbocycles. The molecule has 1 saturated carbocycles. The number of nitrogens with zero attached hydrogens (tertiary/aromatic N) is 1. The molecule has 1 fully saturated rings. The maximum Gasteiger partial charge on any atom is 0.374 e. The Morgan fingerprint density at radius 1 is 1.35 bits per heavy atom. The fourth-order valence-corrected chi connectivity index (χ4v) is 3.20. The number of rotatable bonds is 5. The van der Waals surface area contributed by atoms with Gasteiger partial charge in [0.2, 0.25) is 5.76 Å². The monoisotopic (exact) mass is 381 g/mol. The Morgan fingerprint density at radius 2 is 2.09 bits per heavy atom. The van der Waals surface area contributed by atoms with Gasteiger partial charge in [-0.1, -0.05) is 5.16 Å². The van der Waals surface area contributed by atoms with Crippen LogP contribution in [0.1, 0.15) is 36.2 Å². The summed E-state index contributed by atoms with van der Waals surface area (Å²) < 4.78 is 17.0. The minimum atomic E-state index is -1.16. The van der Waals surface area contributed by atoms with Crippen LogP contribution in [0, 0.1) is 0 Å². The first kappa shape index (κ1) is 15.9. The number of benzene rings is 1. The fraction of sp³-hybridized carbons (Fsp3) is 0.375. The lowest BCUT2D eigenvalue weighted by Crippen LogP contribution is -2.12. The highest BCUT2D eigenvalue weighted by molar-refractivity contribution is 9.10. The lowest BCUT2D eigenvalue weighted by Gasteiger charge is -2.18. The van der Waals surface area contributed by atoms with Crippen molar-refractivity contribution < 1.29 is 23.9 Å². The Labute approximate surface area is 141 Å². The Bertz CT molecular complexity index is 721. The molecule has 2 aromatic rings. The largest absolute Gasteiger partial charge is 0.493 e. The van der Waals surface area contributed by atoms with Gasteiger partial charge < -0.3 is 19.1 Å². The molecule has 0 unspecified atom stereocenters. The Morgan fingerprint density at radius 3 is 2.70 bits per heavy atom. The molecule has 0 radical (unpaired) electrons. The molecule has 3 rings (SSSR count). The van der Waals surface area contributed by atoms with Crippen molar-refractivity contribution in [3.63, 3.8) is 0 Å². The van der Waals surface area contributed by atoms with Crippen LogP contribution in [0.4, 0.5) is 0 Å². The normalized spacial score (nSPS) is 14.9. The Hall–Kier alpha value is -2.02. The molecule has 1 aliphatic carbocycles. The van der Waals surface area contributed by atoms with E-state index < -0.39 is 5.97 Å². The van der Waals surface area contributed by atoms with E-state index in [1.54, 1.807) is 13.2 Å². The quantitative estimate of drug-likeness (QED) is 0.837. The van der Waals surface area contributed by atoms with Gasteiger partial charge in [-0.25, -0.2) is 4.79 Å². The molecule has 0 bridgehead atoms. The van der Waals surface area contributed by atoms with Crippen LogP contribution in [0.5, 0.6) is 11.5 Å². The summed E-state index contributed by atoms with van der Waals surface area (Å²) >= 11 is 3.50. The third kappa shape index (κ3) is 3.34. The second-order valence-corrected chi connectivity index (χ2v) is 6.25. The molecule has 7 heteroatoms. The van der Waals surface area contributed by atoms with Crippen molar-refractivity contribution in [3.8, 4) is 22.8 Å². The molecule has 1 heterocycles. The first-order valence-electron chi connectivity index (χ1n) is 7.33. The van der Waals surface area contributed by atoms with Crippen molar-refractivity contribution in [2.75, 3.05) is 7.11 Å². The summed E-state index contributed by atoms with van der Waals surface area (Å²) in [5.41, 5.74) is 1.11. The summed E-state index contributed by atoms with van der Waals surface area (Å²) in [5, 5.41) is 12.7. The number of methoxy groups -OCH3 is 1. The topological polar surface area (TPSA) is 81.8 Å². The molecule has 1 aliphatic rings. The first-order chi connectivity index (χ1) is 11.1. The SMILES string of the molecule is COc1cc(-c2cc(C(=O)O)on2)cc(Br)c1OC1CCCC1. The third-order valence-corrected chi connectivity index (χ3v) is 4.42. The number of hydrogen-bond donors (Lipinski definition) is 1. The lowest BCUT2D eigenvalue weighted by molar-refractivity contribution is 0.0652. The van der Waals surface area contributed by atoms with Crippen LogP contribution in [-0.2, 0) is 0 Å². The van der Waals surface area contributed by atoms with Gasteiger partial charge in [-0.3, -0.25) is 0 Å². The van der Waals surface area contributed by atoms with E-state index >= 15 is 0 Å². The highest BCUT2D eigenvalue weighted by Crippen LogP contribution is 2.41. The predicted octanol–water partition coefficient (Wildman–Crippen LogP) is 4.13. The molecule has 23 heavy (non-hydrogen) atoms. The summed E-state index contributed by atoms with van der Waals surface area (Å²) in [4.78, 5) is 10.9. The number of aromatic nitrogens is 1. The first-order valence-corrected chi connectivity index (χ1v) is 8.12. The Balaban J connectivity index is 1.93. The van der Waals surface area contributed by atoms with E-state index in [9.17, 15) is 4.79 Å². The number of carbonyl (C=O) groups is 1. The van der Waals surface area contributed by atoms with Crippen molar-refractivity contribution in [2.45, 2.75) is 31.8 Å². The molecule has 0 amide bonds. The van der Waals surface area contributed by atoms with E-state index in [0.29, 0.717) is 22.8 Å². The van der Waals surface area contributed by atoms with Crippen molar-refractivity contribution in [3.05, 3.63) is 28.4 Å². The number of halogens is 1. The van der Waals surface area contributed by atoms with E-state index in [-0.39, 0.29) is 11.9 Å². The molecular weight excluding hydrogens is 366 g/mol. The summed E-state index contributed by atoms with van der Waals surface area (Å²) in [6.45, 7) is 0. The van der Waals surface area contributed by atoms with Gasteiger partial charge in [0.25, 0.3) is 0 Å². The minimum absolute atomic E-state index is 0.205. The molecule has 0 atom stereocenters. The summed E-state index contributed by atoms with van der Waals surface area (Å²) in [7, 11) is 1.57. The van der Waals surface area contributed by atoms with Crippen LogP contribution in [0.3, 0.4) is 0 Å². The molecule has 122 valence electrons. The van der Waals surface area contributed by atoms with Crippen molar-refractivity contribution in [2.24, 2.45) is 0 Å². The standard InChI is InChI=1S/C16H16BrNO5/c1-21-13-7-9(12-8-14(16(19)20)23-18-12)6-11(17)15(13)22-10-4-2-3-5-10/h6-8,10H,2-5H2,1H3,(H,19,20). The summed E-state index contributed by atoms with van der Waals surface area (Å²) in [6.07, 6.45) is 4.65. The minimum Gasteiger partial charge on any atom is -0.493 e. The van der Waals surface area contributed by atoms with Crippen LogP contribution in [0.2, 0.25) is 0 Å². The van der Waals surface area contributed by atoms with Gasteiger partial charge in [0, 0.05) is 11.6 Å². The number of hydrogen-bond acceptors (Lipinski definition) is 5. The van der Waals surface area contributed by atoms with Gasteiger partial charge in [0.1, 0.15) is 5.69 Å². The fourth-order valence-electron chi connectivity index (χ4n) is 2.67. The molecule has 6 nitrogen and oxygen atoms in total. The summed E-state index contributed by atoms with van der Waals surface area (Å²) in [5.74, 6) is -0.136. The van der Waals surface area contributed by atoms with E-state index in [4.69, 9.17) is 19.1 Å². The second kappa shape index (κ2) is 6.62. The van der Waals surface area contributed by atoms with Gasteiger partial charge in [0.15, 0.2) is 11.5 Å². The zero-order valence-electron chi connectivity index (χ0n) is 12.5. The average molecular weight is 382 g/mol. The van der Waals surface area contributed by atoms with Crippen molar-refractivity contribution in [1.29, 1.82) is 0 Å². The van der Waals surface area contributed by atoms with E-state index in [2.05, 4.69) is 21.1 Å². The van der Waals surface area contributed by atoms with Gasteiger partial charge in [-0.05, 0) is 53.7 Å². The Kier molecular flexibility index (Phi) is 4.56. The summed E-state index contributed by atoms with van der Waals surface area (Å²) in [6, 6.07) is 4.95. The zero-order valence-corrected chi connectivity index (χ0v) is 14.1. The van der Waals surface area contributed by atoms with E-state index in [0.717, 1.165) is 17.3 Å². The van der Waals surface area contributed by atoms with E-state index in [1.807, 2.05) is 6.07 Å². The van der Waals surface area contributed by atoms with Crippen LogP contribution < -0.4 is 9.47 Å². The maximum atomic E-state index is 10.9. The van der Waals surface area contributed by atoms with Gasteiger partial charge in [-0.2, -0.15) is 0 Å². The molecule has 0 spiro atoms. The highest BCUT2D eigenvalue weighted by atomic mass is 79.9. The molecule has 0 aliphatic heterocycles. The highest BCUT2D eigenvalue weighted by Gasteiger charge is 2.22. The second-order valence-electron chi connectivity index (χ2n) is 5.40. The number of ether oxygens (including phenoxy) is 2.